The lowest BCUT2D eigenvalue weighted by Crippen LogP contribution is -2.26. The summed E-state index contributed by atoms with van der Waals surface area (Å²) in [5.74, 6) is 0.762. The molecule has 2 aromatic rings. The highest BCUT2D eigenvalue weighted by atomic mass is 35.5. The molecule has 1 nitrogen and oxygen atoms in total. The van der Waals surface area contributed by atoms with Crippen LogP contribution in [0.5, 0.6) is 0 Å². The van der Waals surface area contributed by atoms with E-state index in [0.29, 0.717) is 12.1 Å². The third-order valence-electron chi connectivity index (χ3n) is 4.41. The van der Waals surface area contributed by atoms with Gasteiger partial charge >= 0.3 is 0 Å². The molecule has 0 saturated heterocycles. The maximum Gasteiger partial charge on any atom is 0.0406 e. The fraction of sp³-hybridized carbons (Fsp3) is 0.368. The van der Waals surface area contributed by atoms with Crippen molar-refractivity contribution >= 4 is 11.6 Å². The zero-order valence-electron chi connectivity index (χ0n) is 12.6. The normalized spacial score (nSPS) is 17.5. The average Bonchev–Trinajstić information content (AvgIpc) is 3.31. The van der Waals surface area contributed by atoms with Crippen molar-refractivity contribution in [2.45, 2.75) is 38.8 Å². The summed E-state index contributed by atoms with van der Waals surface area (Å²) in [7, 11) is 0. The van der Waals surface area contributed by atoms with E-state index in [1.54, 1.807) is 0 Å². The number of benzene rings is 2. The van der Waals surface area contributed by atoms with Crippen LogP contribution in [0.15, 0.2) is 48.5 Å². The van der Waals surface area contributed by atoms with Crippen molar-refractivity contribution in [1.29, 1.82) is 0 Å². The number of halogens is 1. The molecule has 1 unspecified atom stereocenters. The van der Waals surface area contributed by atoms with Gasteiger partial charge < -0.3 is 5.32 Å². The highest BCUT2D eigenvalue weighted by Gasteiger charge is 2.33. The molecule has 0 amide bonds. The Morgan fingerprint density at radius 2 is 1.71 bits per heavy atom. The predicted octanol–water partition coefficient (Wildman–Crippen LogP) is 5.45. The minimum absolute atomic E-state index is 0.354. The molecule has 0 spiro atoms. The number of hydrogen-bond donors (Lipinski definition) is 1. The summed E-state index contributed by atoms with van der Waals surface area (Å²) in [6, 6.07) is 17.7. The molecular weight excluding hydrogens is 278 g/mol. The first-order chi connectivity index (χ1) is 10.1. The van der Waals surface area contributed by atoms with Crippen molar-refractivity contribution in [2.24, 2.45) is 5.92 Å². The van der Waals surface area contributed by atoms with Crippen LogP contribution in [-0.2, 0) is 0 Å². The van der Waals surface area contributed by atoms with E-state index in [4.69, 9.17) is 11.6 Å². The van der Waals surface area contributed by atoms with Gasteiger partial charge in [-0.3, -0.25) is 0 Å². The SMILES string of the molecule is Cc1ccccc1[C@@H](C)NC(c1ccc(Cl)cc1)C1CC1. The molecule has 1 N–H and O–H groups in total. The number of nitrogens with one attached hydrogen (secondary N) is 1. The Bertz CT molecular complexity index is 601. The number of rotatable bonds is 5. The van der Waals surface area contributed by atoms with Gasteiger partial charge in [0.05, 0.1) is 0 Å². The minimum atomic E-state index is 0.354. The molecule has 0 aromatic heterocycles. The summed E-state index contributed by atoms with van der Waals surface area (Å²) >= 11 is 6.01. The Morgan fingerprint density at radius 3 is 2.33 bits per heavy atom. The Balaban J connectivity index is 1.79. The van der Waals surface area contributed by atoms with Crippen LogP contribution in [0, 0.1) is 12.8 Å². The molecule has 1 aliphatic rings. The maximum absolute atomic E-state index is 6.01. The Morgan fingerprint density at radius 1 is 1.05 bits per heavy atom. The molecule has 2 aromatic carbocycles. The Labute approximate surface area is 132 Å². The van der Waals surface area contributed by atoms with Crippen molar-refractivity contribution in [2.75, 3.05) is 0 Å². The number of aryl methyl sites for hydroxylation is 1. The fourth-order valence-corrected chi connectivity index (χ4v) is 3.16. The lowest BCUT2D eigenvalue weighted by Gasteiger charge is -2.25. The van der Waals surface area contributed by atoms with Crippen LogP contribution in [0.2, 0.25) is 5.02 Å². The second-order valence-electron chi connectivity index (χ2n) is 6.11. The summed E-state index contributed by atoms with van der Waals surface area (Å²) in [4.78, 5) is 0. The number of hydrogen-bond acceptors (Lipinski definition) is 1. The van der Waals surface area contributed by atoms with Crippen LogP contribution in [0.1, 0.15) is 48.5 Å². The first kappa shape index (κ1) is 14.6. The molecule has 1 saturated carbocycles. The van der Waals surface area contributed by atoms with E-state index in [-0.39, 0.29) is 0 Å². The van der Waals surface area contributed by atoms with Gasteiger partial charge in [0, 0.05) is 17.1 Å². The van der Waals surface area contributed by atoms with Gasteiger partial charge in [-0.05, 0) is 61.4 Å². The van der Waals surface area contributed by atoms with Gasteiger partial charge in [-0.1, -0.05) is 48.0 Å². The van der Waals surface area contributed by atoms with Gasteiger partial charge in [-0.15, -0.1) is 0 Å². The Hall–Kier alpha value is -1.31. The van der Waals surface area contributed by atoms with Gasteiger partial charge in [0.2, 0.25) is 0 Å². The summed E-state index contributed by atoms with van der Waals surface area (Å²) < 4.78 is 0. The molecule has 110 valence electrons. The van der Waals surface area contributed by atoms with E-state index < -0.39 is 0 Å². The van der Waals surface area contributed by atoms with E-state index in [1.807, 2.05) is 12.1 Å². The van der Waals surface area contributed by atoms with Crippen LogP contribution < -0.4 is 5.32 Å². The van der Waals surface area contributed by atoms with Crippen LogP contribution in [0.3, 0.4) is 0 Å². The zero-order valence-corrected chi connectivity index (χ0v) is 13.4. The first-order valence-electron chi connectivity index (χ1n) is 7.72. The van der Waals surface area contributed by atoms with Crippen molar-refractivity contribution in [1.82, 2.24) is 5.32 Å². The van der Waals surface area contributed by atoms with E-state index in [9.17, 15) is 0 Å². The molecule has 0 radical (unpaired) electrons. The smallest absolute Gasteiger partial charge is 0.0406 e. The molecule has 0 bridgehead atoms. The second kappa shape index (κ2) is 6.21. The quantitative estimate of drug-likeness (QED) is 0.774. The molecular formula is C19H22ClN. The molecule has 21 heavy (non-hydrogen) atoms. The van der Waals surface area contributed by atoms with Crippen molar-refractivity contribution < 1.29 is 0 Å². The van der Waals surface area contributed by atoms with Gasteiger partial charge in [-0.25, -0.2) is 0 Å². The Kier molecular flexibility index (Phi) is 4.32. The topological polar surface area (TPSA) is 12.0 Å². The van der Waals surface area contributed by atoms with Crippen LogP contribution in [-0.4, -0.2) is 0 Å². The molecule has 2 heteroatoms. The molecule has 1 aliphatic carbocycles. The summed E-state index contributed by atoms with van der Waals surface area (Å²) in [5.41, 5.74) is 4.09. The van der Waals surface area contributed by atoms with Crippen LogP contribution in [0.4, 0.5) is 0 Å². The summed E-state index contributed by atoms with van der Waals surface area (Å²) in [6.45, 7) is 4.44. The van der Waals surface area contributed by atoms with Crippen molar-refractivity contribution in [3.63, 3.8) is 0 Å². The van der Waals surface area contributed by atoms with Gasteiger partial charge in [-0.2, -0.15) is 0 Å². The third kappa shape index (κ3) is 3.48. The zero-order chi connectivity index (χ0) is 14.8. The van der Waals surface area contributed by atoms with Gasteiger partial charge in [0.15, 0.2) is 0 Å². The van der Waals surface area contributed by atoms with Gasteiger partial charge in [0.1, 0.15) is 0 Å². The molecule has 0 aliphatic heterocycles. The van der Waals surface area contributed by atoms with Gasteiger partial charge in [0.25, 0.3) is 0 Å². The highest BCUT2D eigenvalue weighted by Crippen LogP contribution is 2.42. The third-order valence-corrected chi connectivity index (χ3v) is 4.66. The largest absolute Gasteiger partial charge is 0.303 e. The average molecular weight is 300 g/mol. The van der Waals surface area contributed by atoms with E-state index in [0.717, 1.165) is 10.9 Å². The monoisotopic (exact) mass is 299 g/mol. The van der Waals surface area contributed by atoms with Crippen LogP contribution >= 0.6 is 11.6 Å². The summed E-state index contributed by atoms with van der Waals surface area (Å²) in [6.07, 6.45) is 2.64. The molecule has 2 atom stereocenters. The minimum Gasteiger partial charge on any atom is -0.303 e. The predicted molar refractivity (Wildman–Crippen MR) is 89.6 cm³/mol. The summed E-state index contributed by atoms with van der Waals surface area (Å²) in [5, 5.41) is 4.63. The fourth-order valence-electron chi connectivity index (χ4n) is 3.04. The standard InChI is InChI=1S/C19H22ClN/c1-13-5-3-4-6-18(13)14(2)21-19(15-7-8-15)16-9-11-17(20)12-10-16/h3-6,9-12,14-15,19,21H,7-8H2,1-2H3/t14-,19?/m1/s1. The van der Waals surface area contributed by atoms with E-state index in [1.165, 1.54) is 29.5 Å². The van der Waals surface area contributed by atoms with Crippen molar-refractivity contribution in [3.05, 3.63) is 70.2 Å². The molecule has 1 fully saturated rings. The van der Waals surface area contributed by atoms with E-state index >= 15 is 0 Å². The molecule has 0 heterocycles. The maximum atomic E-state index is 6.01. The molecule has 3 rings (SSSR count). The van der Waals surface area contributed by atoms with Crippen molar-refractivity contribution in [3.8, 4) is 0 Å². The second-order valence-corrected chi connectivity index (χ2v) is 6.55. The lowest BCUT2D eigenvalue weighted by molar-refractivity contribution is 0.426. The lowest BCUT2D eigenvalue weighted by atomic mass is 9.97. The highest BCUT2D eigenvalue weighted by molar-refractivity contribution is 6.30. The van der Waals surface area contributed by atoms with Crippen LogP contribution in [0.25, 0.3) is 0 Å². The first-order valence-corrected chi connectivity index (χ1v) is 8.10. The van der Waals surface area contributed by atoms with E-state index in [2.05, 4.69) is 55.6 Å².